The lowest BCUT2D eigenvalue weighted by Gasteiger charge is -2.21. The monoisotopic (exact) mass is 280 g/mol. The lowest BCUT2D eigenvalue weighted by molar-refractivity contribution is -0.128. The summed E-state index contributed by atoms with van der Waals surface area (Å²) in [7, 11) is 0. The minimum absolute atomic E-state index is 0.0000663. The Morgan fingerprint density at radius 2 is 2.30 bits per heavy atom. The van der Waals surface area contributed by atoms with Gasteiger partial charge in [-0.1, -0.05) is 6.07 Å². The molecule has 1 aliphatic heterocycles. The lowest BCUT2D eigenvalue weighted by atomic mass is 10.0. The molecule has 5 heteroatoms. The first-order chi connectivity index (χ1) is 9.75. The zero-order chi connectivity index (χ0) is 14.2. The first-order valence-corrected chi connectivity index (χ1v) is 7.10. The summed E-state index contributed by atoms with van der Waals surface area (Å²) in [6.45, 7) is 2.62. The number of carbonyl (C=O) groups is 1. The van der Waals surface area contributed by atoms with Gasteiger partial charge < -0.3 is 15.4 Å². The number of nitrogens with one attached hydrogen (secondary N) is 2. The fourth-order valence-corrected chi connectivity index (χ4v) is 2.22. The van der Waals surface area contributed by atoms with Crippen LogP contribution in [-0.2, 0) is 9.53 Å². The molecule has 1 aromatic rings. The van der Waals surface area contributed by atoms with Gasteiger partial charge in [-0.2, -0.15) is 0 Å². The third-order valence-electron chi connectivity index (χ3n) is 3.34. The van der Waals surface area contributed by atoms with Crippen molar-refractivity contribution in [3.05, 3.63) is 30.1 Å². The Morgan fingerprint density at radius 3 is 3.05 bits per heavy atom. The minimum Gasteiger partial charge on any atom is -0.385 e. The average Bonchev–Trinajstić information content (AvgIpc) is 2.48. The molecule has 2 N–H and O–H groups in total. The van der Waals surface area contributed by atoms with Crippen molar-refractivity contribution in [3.8, 4) is 0 Å². The van der Waals surface area contributed by atoms with Crippen LogP contribution < -0.4 is 10.6 Å². The topological polar surface area (TPSA) is 50.4 Å². The molecule has 110 valence electrons. The van der Waals surface area contributed by atoms with Crippen LogP contribution in [0.1, 0.15) is 19.3 Å². The molecule has 1 amide bonds. The molecule has 1 fully saturated rings. The summed E-state index contributed by atoms with van der Waals surface area (Å²) in [4.78, 5) is 11.8. The zero-order valence-corrected chi connectivity index (χ0v) is 11.5. The van der Waals surface area contributed by atoms with E-state index in [1.807, 2.05) is 6.07 Å². The summed E-state index contributed by atoms with van der Waals surface area (Å²) in [6.07, 6.45) is 2.67. The van der Waals surface area contributed by atoms with Crippen LogP contribution in [0.2, 0.25) is 0 Å². The van der Waals surface area contributed by atoms with Gasteiger partial charge in [0.2, 0.25) is 5.91 Å². The quantitative estimate of drug-likeness (QED) is 0.785. The van der Waals surface area contributed by atoms with Crippen molar-refractivity contribution < 1.29 is 13.9 Å². The van der Waals surface area contributed by atoms with Gasteiger partial charge in [-0.15, -0.1) is 0 Å². The van der Waals surface area contributed by atoms with Crippen molar-refractivity contribution in [2.75, 3.05) is 31.6 Å². The number of amides is 1. The molecule has 0 unspecified atom stereocenters. The Morgan fingerprint density at radius 1 is 1.40 bits per heavy atom. The average molecular weight is 280 g/mol. The van der Waals surface area contributed by atoms with Gasteiger partial charge in [-0.25, -0.2) is 4.39 Å². The van der Waals surface area contributed by atoms with Crippen LogP contribution in [0.25, 0.3) is 0 Å². The van der Waals surface area contributed by atoms with Crippen molar-refractivity contribution in [2.45, 2.75) is 19.3 Å². The molecule has 4 nitrogen and oxygen atoms in total. The maximum absolute atomic E-state index is 12.9. The Bertz CT molecular complexity index is 434. The highest BCUT2D eigenvalue weighted by atomic mass is 19.1. The molecule has 1 atom stereocenters. The van der Waals surface area contributed by atoms with Gasteiger partial charge in [0.1, 0.15) is 5.82 Å². The SMILES string of the molecule is O=C(NCCCNc1cccc(F)c1)[C@@H]1CCCOC1. The van der Waals surface area contributed by atoms with Gasteiger partial charge in [0.25, 0.3) is 0 Å². The van der Waals surface area contributed by atoms with Crippen molar-refractivity contribution >= 4 is 11.6 Å². The number of hydrogen-bond donors (Lipinski definition) is 2. The molecule has 0 bridgehead atoms. The maximum Gasteiger partial charge on any atom is 0.225 e. The van der Waals surface area contributed by atoms with Crippen molar-refractivity contribution in [1.82, 2.24) is 5.32 Å². The fourth-order valence-electron chi connectivity index (χ4n) is 2.22. The predicted octanol–water partition coefficient (Wildman–Crippen LogP) is 2.17. The molecule has 0 spiro atoms. The molecular formula is C15H21FN2O2. The third-order valence-corrected chi connectivity index (χ3v) is 3.34. The van der Waals surface area contributed by atoms with Gasteiger partial charge in [-0.05, 0) is 37.5 Å². The van der Waals surface area contributed by atoms with E-state index in [4.69, 9.17) is 4.74 Å². The fraction of sp³-hybridized carbons (Fsp3) is 0.533. The highest BCUT2D eigenvalue weighted by molar-refractivity contribution is 5.78. The molecule has 1 aliphatic rings. The summed E-state index contributed by atoms with van der Waals surface area (Å²) in [5.74, 6) is -0.170. The van der Waals surface area contributed by atoms with Gasteiger partial charge >= 0.3 is 0 Å². The smallest absolute Gasteiger partial charge is 0.225 e. The number of rotatable bonds is 6. The third kappa shape index (κ3) is 4.81. The number of benzene rings is 1. The van der Waals surface area contributed by atoms with Crippen LogP contribution in [0.5, 0.6) is 0 Å². The van der Waals surface area contributed by atoms with Crippen LogP contribution in [0.3, 0.4) is 0 Å². The summed E-state index contributed by atoms with van der Waals surface area (Å²) >= 11 is 0. The Hall–Kier alpha value is -1.62. The molecular weight excluding hydrogens is 259 g/mol. The molecule has 1 saturated heterocycles. The highest BCUT2D eigenvalue weighted by Crippen LogP contribution is 2.13. The number of ether oxygens (including phenoxy) is 1. The van der Waals surface area contributed by atoms with E-state index in [0.29, 0.717) is 19.7 Å². The lowest BCUT2D eigenvalue weighted by Crippen LogP contribution is -2.36. The highest BCUT2D eigenvalue weighted by Gasteiger charge is 2.20. The molecule has 2 rings (SSSR count). The molecule has 0 saturated carbocycles. The Kier molecular flexibility index (Phi) is 5.80. The van der Waals surface area contributed by atoms with Gasteiger partial charge in [0, 0.05) is 25.4 Å². The van der Waals surface area contributed by atoms with Crippen LogP contribution in [0.4, 0.5) is 10.1 Å². The normalized spacial score (nSPS) is 18.6. The molecule has 0 radical (unpaired) electrons. The zero-order valence-electron chi connectivity index (χ0n) is 11.5. The van der Waals surface area contributed by atoms with Gasteiger partial charge in [0.15, 0.2) is 0 Å². The van der Waals surface area contributed by atoms with E-state index < -0.39 is 0 Å². The van der Waals surface area contributed by atoms with Crippen molar-refractivity contribution in [1.29, 1.82) is 0 Å². The number of hydrogen-bond acceptors (Lipinski definition) is 3. The number of anilines is 1. The predicted molar refractivity (Wildman–Crippen MR) is 76.1 cm³/mol. The van der Waals surface area contributed by atoms with Crippen molar-refractivity contribution in [2.24, 2.45) is 5.92 Å². The minimum atomic E-state index is -0.249. The number of halogens is 1. The first kappa shape index (κ1) is 14.8. The standard InChI is InChI=1S/C15H21FN2O2/c16-13-5-1-6-14(10-13)17-7-3-8-18-15(19)12-4-2-9-20-11-12/h1,5-6,10,12,17H,2-4,7-9,11H2,(H,18,19)/t12-/m1/s1. The second kappa shape index (κ2) is 7.85. The van der Waals surface area contributed by atoms with E-state index in [2.05, 4.69) is 10.6 Å². The van der Waals surface area contributed by atoms with E-state index >= 15 is 0 Å². The van der Waals surface area contributed by atoms with Crippen LogP contribution in [0.15, 0.2) is 24.3 Å². The van der Waals surface area contributed by atoms with E-state index in [-0.39, 0.29) is 17.6 Å². The van der Waals surface area contributed by atoms with Crippen LogP contribution >= 0.6 is 0 Å². The summed E-state index contributed by atoms with van der Waals surface area (Å²) in [6, 6.07) is 6.36. The molecule has 1 heterocycles. The Balaban J connectivity index is 1.58. The number of carbonyl (C=O) groups excluding carboxylic acids is 1. The Labute approximate surface area is 118 Å². The molecule has 0 aliphatic carbocycles. The van der Waals surface area contributed by atoms with Gasteiger partial charge in [0.05, 0.1) is 12.5 Å². The summed E-state index contributed by atoms with van der Waals surface area (Å²) < 4.78 is 18.2. The van der Waals surface area contributed by atoms with Gasteiger partial charge in [-0.3, -0.25) is 4.79 Å². The summed E-state index contributed by atoms with van der Waals surface area (Å²) in [5.41, 5.74) is 0.761. The van der Waals surface area contributed by atoms with Crippen molar-refractivity contribution in [3.63, 3.8) is 0 Å². The second-order valence-corrected chi connectivity index (χ2v) is 5.00. The molecule has 1 aromatic carbocycles. The molecule has 0 aromatic heterocycles. The second-order valence-electron chi connectivity index (χ2n) is 5.00. The van der Waals surface area contributed by atoms with E-state index in [9.17, 15) is 9.18 Å². The molecule has 20 heavy (non-hydrogen) atoms. The maximum atomic E-state index is 12.9. The first-order valence-electron chi connectivity index (χ1n) is 7.10. The van der Waals surface area contributed by atoms with Crippen LogP contribution in [-0.4, -0.2) is 32.2 Å². The van der Waals surface area contributed by atoms with Crippen LogP contribution in [0, 0.1) is 11.7 Å². The van der Waals surface area contributed by atoms with E-state index in [1.165, 1.54) is 12.1 Å². The summed E-state index contributed by atoms with van der Waals surface area (Å²) in [5, 5.41) is 6.04. The van der Waals surface area contributed by atoms with E-state index in [1.54, 1.807) is 6.07 Å². The largest absolute Gasteiger partial charge is 0.385 e. The van der Waals surface area contributed by atoms with E-state index in [0.717, 1.165) is 31.6 Å².